The first-order chi connectivity index (χ1) is 14.5. The number of anilines is 1. The number of aliphatic hydroxyl groups is 1. The molecule has 3 N–H and O–H groups in total. The molecule has 4 aromatic rings. The Morgan fingerprint density at radius 3 is 2.47 bits per heavy atom. The number of nitro groups is 1. The van der Waals surface area contributed by atoms with E-state index in [4.69, 9.17) is 0 Å². The van der Waals surface area contributed by atoms with Crippen LogP contribution in [-0.4, -0.2) is 26.5 Å². The second-order valence-corrected chi connectivity index (χ2v) is 6.76. The van der Waals surface area contributed by atoms with Crippen LogP contribution in [-0.2, 0) is 0 Å². The van der Waals surface area contributed by atoms with Crippen LogP contribution in [0, 0.1) is 10.1 Å². The van der Waals surface area contributed by atoms with Gasteiger partial charge in [-0.15, -0.1) is 0 Å². The van der Waals surface area contributed by atoms with E-state index in [9.17, 15) is 20.0 Å². The van der Waals surface area contributed by atoms with Gasteiger partial charge in [0, 0.05) is 12.6 Å². The van der Waals surface area contributed by atoms with Gasteiger partial charge in [-0.25, -0.2) is 4.98 Å². The van der Waals surface area contributed by atoms with E-state index in [1.807, 2.05) is 54.6 Å². The van der Waals surface area contributed by atoms with E-state index < -0.39 is 16.6 Å². The first kappa shape index (κ1) is 19.3. The van der Waals surface area contributed by atoms with Crippen LogP contribution in [0.4, 0.5) is 11.4 Å². The lowest BCUT2D eigenvalue weighted by atomic mass is 10.0. The first-order valence-corrected chi connectivity index (χ1v) is 9.26. The number of rotatable bonds is 6. The fraction of sp³-hybridized carbons (Fsp3) is 0.0909. The summed E-state index contributed by atoms with van der Waals surface area (Å²) in [4.78, 5) is 29.2. The molecule has 0 amide bonds. The molecule has 0 aliphatic carbocycles. The molecule has 0 aliphatic rings. The molecule has 0 fully saturated rings. The van der Waals surface area contributed by atoms with E-state index in [2.05, 4.69) is 15.3 Å². The maximum Gasteiger partial charge on any atom is 0.293 e. The van der Waals surface area contributed by atoms with E-state index in [0.717, 1.165) is 11.1 Å². The van der Waals surface area contributed by atoms with Crippen molar-refractivity contribution in [3.05, 3.63) is 99.1 Å². The second-order valence-electron chi connectivity index (χ2n) is 6.76. The summed E-state index contributed by atoms with van der Waals surface area (Å²) in [5.74, 6) is 0. The van der Waals surface area contributed by atoms with Gasteiger partial charge in [0.25, 0.3) is 11.2 Å². The predicted octanol–water partition coefficient (Wildman–Crippen LogP) is 3.64. The Balaban J connectivity index is 1.54. The van der Waals surface area contributed by atoms with Crippen LogP contribution in [0.25, 0.3) is 22.0 Å². The fourth-order valence-electron chi connectivity index (χ4n) is 3.25. The zero-order valence-electron chi connectivity index (χ0n) is 15.8. The number of nitrogens with zero attached hydrogens (tertiary/aromatic N) is 2. The van der Waals surface area contributed by atoms with Gasteiger partial charge in [-0.3, -0.25) is 14.9 Å². The molecule has 150 valence electrons. The van der Waals surface area contributed by atoms with Crippen LogP contribution in [0.2, 0.25) is 0 Å². The summed E-state index contributed by atoms with van der Waals surface area (Å²) < 4.78 is 0. The molecule has 0 aliphatic heterocycles. The lowest BCUT2D eigenvalue weighted by molar-refractivity contribution is -0.383. The van der Waals surface area contributed by atoms with Gasteiger partial charge in [0.05, 0.1) is 28.3 Å². The number of H-pyrrole nitrogens is 1. The van der Waals surface area contributed by atoms with Crippen molar-refractivity contribution in [3.63, 3.8) is 0 Å². The molecule has 8 nitrogen and oxygen atoms in total. The predicted molar refractivity (Wildman–Crippen MR) is 114 cm³/mol. The zero-order valence-corrected chi connectivity index (χ0v) is 15.8. The highest BCUT2D eigenvalue weighted by Crippen LogP contribution is 2.29. The summed E-state index contributed by atoms with van der Waals surface area (Å²) in [6.45, 7) is 0.0558. The van der Waals surface area contributed by atoms with Gasteiger partial charge in [0.1, 0.15) is 5.69 Å². The van der Waals surface area contributed by atoms with E-state index in [-0.39, 0.29) is 23.3 Å². The average Bonchev–Trinajstić information content (AvgIpc) is 2.78. The Morgan fingerprint density at radius 1 is 1.07 bits per heavy atom. The molecule has 0 spiro atoms. The normalized spacial score (nSPS) is 11.9. The van der Waals surface area contributed by atoms with Gasteiger partial charge in [-0.1, -0.05) is 54.6 Å². The Kier molecular flexibility index (Phi) is 5.23. The summed E-state index contributed by atoms with van der Waals surface area (Å²) in [7, 11) is 0. The van der Waals surface area contributed by atoms with Crippen molar-refractivity contribution in [1.29, 1.82) is 0 Å². The van der Waals surface area contributed by atoms with Crippen molar-refractivity contribution in [2.24, 2.45) is 0 Å². The van der Waals surface area contributed by atoms with Crippen LogP contribution in [0.1, 0.15) is 11.7 Å². The molecule has 4 rings (SSSR count). The molecular weight excluding hydrogens is 384 g/mol. The number of fused-ring (bicyclic) bond motifs is 1. The van der Waals surface area contributed by atoms with Crippen molar-refractivity contribution in [3.8, 4) is 11.1 Å². The minimum atomic E-state index is -0.878. The smallest absolute Gasteiger partial charge is 0.293 e. The summed E-state index contributed by atoms with van der Waals surface area (Å²) in [6.07, 6.45) is 0.362. The third-order valence-electron chi connectivity index (χ3n) is 4.84. The van der Waals surface area contributed by atoms with E-state index in [1.165, 1.54) is 18.5 Å². The molecule has 1 heterocycles. The lowest BCUT2D eigenvalue weighted by Crippen LogP contribution is -2.14. The van der Waals surface area contributed by atoms with Gasteiger partial charge < -0.3 is 15.4 Å². The molecular formula is C22H18N4O4. The molecule has 1 atom stereocenters. The monoisotopic (exact) mass is 402 g/mol. The number of hydrogen-bond donors (Lipinski definition) is 3. The van der Waals surface area contributed by atoms with Crippen LogP contribution in [0.5, 0.6) is 0 Å². The van der Waals surface area contributed by atoms with Crippen molar-refractivity contribution in [2.45, 2.75) is 6.10 Å². The van der Waals surface area contributed by atoms with Gasteiger partial charge in [-0.2, -0.15) is 0 Å². The number of aliphatic hydroxyl groups excluding tert-OH is 1. The molecule has 0 bridgehead atoms. The SMILES string of the molecule is O=c1[nH]cnc2cc(NCC(O)c3ccc(-c4ccccc4)cc3)c([N+](=O)[O-])cc12. The summed E-state index contributed by atoms with van der Waals surface area (Å²) >= 11 is 0. The van der Waals surface area contributed by atoms with Crippen LogP contribution in [0.15, 0.2) is 77.9 Å². The Labute approximate surface area is 171 Å². The van der Waals surface area contributed by atoms with Crippen molar-refractivity contribution in [2.75, 3.05) is 11.9 Å². The van der Waals surface area contributed by atoms with Gasteiger partial charge in [0.15, 0.2) is 0 Å². The topological polar surface area (TPSA) is 121 Å². The second kappa shape index (κ2) is 8.14. The van der Waals surface area contributed by atoms with Crippen LogP contribution < -0.4 is 10.9 Å². The molecule has 0 saturated heterocycles. The highest BCUT2D eigenvalue weighted by Gasteiger charge is 2.18. The highest BCUT2D eigenvalue weighted by atomic mass is 16.6. The molecule has 0 saturated carbocycles. The van der Waals surface area contributed by atoms with Crippen LogP contribution in [0.3, 0.4) is 0 Å². The Morgan fingerprint density at radius 2 is 1.77 bits per heavy atom. The Hall–Kier alpha value is -4.04. The summed E-state index contributed by atoms with van der Waals surface area (Å²) in [5.41, 5.74) is 2.59. The number of benzene rings is 3. The maximum absolute atomic E-state index is 11.9. The van der Waals surface area contributed by atoms with E-state index in [1.54, 1.807) is 0 Å². The van der Waals surface area contributed by atoms with Crippen molar-refractivity contribution >= 4 is 22.3 Å². The number of aromatic amines is 1. The first-order valence-electron chi connectivity index (χ1n) is 9.26. The third-order valence-corrected chi connectivity index (χ3v) is 4.84. The van der Waals surface area contributed by atoms with Gasteiger partial charge in [0.2, 0.25) is 0 Å². The lowest BCUT2D eigenvalue weighted by Gasteiger charge is -2.14. The summed E-state index contributed by atoms with van der Waals surface area (Å²) in [5, 5.41) is 25.0. The number of nitro benzene ring substituents is 1. The minimum Gasteiger partial charge on any atom is -0.387 e. The third kappa shape index (κ3) is 3.89. The zero-order chi connectivity index (χ0) is 21.1. The van der Waals surface area contributed by atoms with Crippen LogP contribution >= 0.6 is 0 Å². The maximum atomic E-state index is 11.9. The van der Waals surface area contributed by atoms with Gasteiger partial charge in [-0.05, 0) is 22.8 Å². The minimum absolute atomic E-state index is 0.0558. The molecule has 8 heteroatoms. The standard InChI is InChI=1S/C22H18N4O4/c27-21(16-8-6-15(7-9-16)14-4-2-1-3-5-14)12-23-19-11-18-17(10-20(19)26(29)30)22(28)25-13-24-18/h1-11,13,21,23,27H,12H2,(H,24,25,28). The Bertz CT molecular complexity index is 1250. The molecule has 30 heavy (non-hydrogen) atoms. The summed E-state index contributed by atoms with van der Waals surface area (Å²) in [6, 6.07) is 20.0. The number of nitrogens with one attached hydrogen (secondary N) is 2. The number of hydrogen-bond acceptors (Lipinski definition) is 6. The molecule has 1 unspecified atom stereocenters. The fourth-order valence-corrected chi connectivity index (χ4v) is 3.25. The molecule has 0 radical (unpaired) electrons. The largest absolute Gasteiger partial charge is 0.387 e. The van der Waals surface area contributed by atoms with Gasteiger partial charge >= 0.3 is 0 Å². The molecule has 3 aromatic carbocycles. The van der Waals surface area contributed by atoms with E-state index in [0.29, 0.717) is 11.1 Å². The van der Waals surface area contributed by atoms with Crippen molar-refractivity contribution < 1.29 is 10.0 Å². The quantitative estimate of drug-likeness (QED) is 0.334. The number of aromatic nitrogens is 2. The van der Waals surface area contributed by atoms with Crippen molar-refractivity contribution in [1.82, 2.24) is 9.97 Å². The van der Waals surface area contributed by atoms with E-state index >= 15 is 0 Å². The highest BCUT2D eigenvalue weighted by molar-refractivity contribution is 5.86. The average molecular weight is 402 g/mol. The molecule has 1 aromatic heterocycles.